The number of nitrogens with zero attached hydrogens (tertiary/aromatic N) is 4. The molecule has 37 heavy (non-hydrogen) atoms. The smallest absolute Gasteiger partial charge is 0.255 e. The lowest BCUT2D eigenvalue weighted by Crippen LogP contribution is -2.49. The van der Waals surface area contributed by atoms with E-state index in [4.69, 9.17) is 4.74 Å². The number of aromatic nitrogens is 4. The molecule has 2 aliphatic rings. The van der Waals surface area contributed by atoms with Crippen molar-refractivity contribution in [2.45, 2.75) is 25.4 Å². The number of amides is 2. The molecule has 0 bridgehead atoms. The monoisotopic (exact) mass is 499 g/mol. The molecule has 2 amide bonds. The second kappa shape index (κ2) is 8.70. The van der Waals surface area contributed by atoms with Gasteiger partial charge in [-0.25, -0.2) is 19.3 Å². The number of hydrogen-bond acceptors (Lipinski definition) is 7. The van der Waals surface area contributed by atoms with Crippen molar-refractivity contribution in [2.24, 2.45) is 0 Å². The normalized spacial score (nSPS) is 17.2. The van der Waals surface area contributed by atoms with Gasteiger partial charge in [0.1, 0.15) is 23.1 Å². The minimum absolute atomic E-state index is 0.197. The molecule has 0 saturated carbocycles. The van der Waals surface area contributed by atoms with Gasteiger partial charge in [-0.2, -0.15) is 0 Å². The number of hydrogen-bond donors (Lipinski definition) is 3. The minimum Gasteiger partial charge on any atom is -0.496 e. The number of aromatic amines is 1. The summed E-state index contributed by atoms with van der Waals surface area (Å²) in [5.41, 5.74) is 4.09. The highest BCUT2D eigenvalue weighted by Gasteiger charge is 2.39. The Bertz CT molecular complexity index is 1600. The van der Waals surface area contributed by atoms with Crippen molar-refractivity contribution in [3.63, 3.8) is 0 Å². The first-order chi connectivity index (χ1) is 17.9. The quantitative estimate of drug-likeness (QED) is 0.383. The Morgan fingerprint density at radius 3 is 2.86 bits per heavy atom. The first kappa shape index (κ1) is 22.7. The van der Waals surface area contributed by atoms with Crippen LogP contribution in [0.1, 0.15) is 28.8 Å². The Morgan fingerprint density at radius 1 is 1.19 bits per heavy atom. The first-order valence-electron chi connectivity index (χ1n) is 11.7. The molecule has 0 aliphatic carbocycles. The predicted octanol–water partition coefficient (Wildman–Crippen LogP) is 3.66. The highest BCUT2D eigenvalue weighted by atomic mass is 19.1. The van der Waals surface area contributed by atoms with Gasteiger partial charge < -0.3 is 25.3 Å². The Balaban J connectivity index is 1.38. The topological polar surface area (TPSA) is 125 Å². The summed E-state index contributed by atoms with van der Waals surface area (Å²) in [6.07, 6.45) is 2.65. The van der Waals surface area contributed by atoms with Crippen molar-refractivity contribution in [1.29, 1.82) is 0 Å². The molecule has 186 valence electrons. The van der Waals surface area contributed by atoms with Crippen LogP contribution in [0, 0.1) is 5.82 Å². The third-order valence-corrected chi connectivity index (χ3v) is 6.64. The van der Waals surface area contributed by atoms with Crippen LogP contribution in [-0.4, -0.2) is 49.8 Å². The maximum absolute atomic E-state index is 13.8. The molecular formula is C26H22FN7O3. The molecule has 2 aromatic heterocycles. The van der Waals surface area contributed by atoms with Crippen molar-refractivity contribution >= 4 is 34.5 Å². The van der Waals surface area contributed by atoms with E-state index in [1.54, 1.807) is 23.1 Å². The van der Waals surface area contributed by atoms with Gasteiger partial charge in [0.15, 0.2) is 17.3 Å². The number of H-pyrrole nitrogens is 1. The Kier molecular flexibility index (Phi) is 5.32. The number of carbonyl (C=O) groups is 2. The van der Waals surface area contributed by atoms with E-state index >= 15 is 0 Å². The van der Waals surface area contributed by atoms with Crippen LogP contribution >= 0.6 is 0 Å². The molecule has 3 N–H and O–H groups in total. The van der Waals surface area contributed by atoms with E-state index in [9.17, 15) is 14.0 Å². The molecule has 0 spiro atoms. The lowest BCUT2D eigenvalue weighted by atomic mass is 10.0. The summed E-state index contributed by atoms with van der Waals surface area (Å²) >= 11 is 0. The number of halogens is 1. The Labute approximate surface area is 210 Å². The van der Waals surface area contributed by atoms with Crippen molar-refractivity contribution in [1.82, 2.24) is 30.2 Å². The van der Waals surface area contributed by atoms with Crippen molar-refractivity contribution in [3.8, 4) is 17.1 Å². The van der Waals surface area contributed by atoms with E-state index in [1.165, 1.54) is 25.6 Å². The number of fused-ring (bicyclic) bond motifs is 2. The van der Waals surface area contributed by atoms with Gasteiger partial charge in [0, 0.05) is 35.1 Å². The standard InChI is InChI=1S/C26H22FN7O3/c1-13-6-9-19(25(35)30-13)34-11-17-15(26(34)36)4-3-5-18(17)31-24-21-23(29-12-28-21)32-22(33-24)16-8-7-14(27)10-20(16)37-2/h3-5,7-8,10,12,19H,1,6,9,11H2,2H3,(H,30,35)(H2,28,29,31,32,33). The van der Waals surface area contributed by atoms with Crippen molar-refractivity contribution in [3.05, 3.63) is 71.9 Å². The molecule has 10 nitrogen and oxygen atoms in total. The third kappa shape index (κ3) is 3.84. The van der Waals surface area contributed by atoms with E-state index in [2.05, 4.69) is 37.1 Å². The highest BCUT2D eigenvalue weighted by molar-refractivity contribution is 6.03. The van der Waals surface area contributed by atoms with E-state index in [0.29, 0.717) is 58.2 Å². The lowest BCUT2D eigenvalue weighted by Gasteiger charge is -2.31. The van der Waals surface area contributed by atoms with Crippen LogP contribution in [0.5, 0.6) is 5.75 Å². The Morgan fingerprint density at radius 2 is 2.05 bits per heavy atom. The van der Waals surface area contributed by atoms with Crippen LogP contribution in [-0.2, 0) is 11.3 Å². The SMILES string of the molecule is C=C1CCC(N2Cc3c(Nc4nc(-c5ccc(F)cc5OC)nc5nc[nH]c45)cccc3C2=O)C(=O)N1. The van der Waals surface area contributed by atoms with E-state index in [1.807, 2.05) is 6.07 Å². The summed E-state index contributed by atoms with van der Waals surface area (Å²) in [7, 11) is 1.45. The Hall–Kier alpha value is -4.80. The number of rotatable bonds is 5. The number of benzene rings is 2. The number of carbonyl (C=O) groups excluding carboxylic acids is 2. The zero-order valence-electron chi connectivity index (χ0n) is 19.8. The molecule has 1 fully saturated rings. The van der Waals surface area contributed by atoms with Crippen LogP contribution in [0.3, 0.4) is 0 Å². The van der Waals surface area contributed by atoms with E-state index in [0.717, 1.165) is 5.56 Å². The summed E-state index contributed by atoms with van der Waals surface area (Å²) in [6, 6.07) is 8.94. The minimum atomic E-state index is -0.561. The summed E-state index contributed by atoms with van der Waals surface area (Å²) in [4.78, 5) is 43.9. The zero-order valence-corrected chi connectivity index (χ0v) is 19.8. The number of imidazole rings is 1. The molecule has 2 aromatic carbocycles. The largest absolute Gasteiger partial charge is 0.496 e. The maximum atomic E-state index is 13.8. The van der Waals surface area contributed by atoms with Crippen LogP contribution < -0.4 is 15.4 Å². The molecular weight excluding hydrogens is 477 g/mol. The second-order valence-corrected chi connectivity index (χ2v) is 8.88. The molecule has 2 aliphatic heterocycles. The fourth-order valence-electron chi connectivity index (χ4n) is 4.80. The van der Waals surface area contributed by atoms with Gasteiger partial charge in [0.25, 0.3) is 5.91 Å². The van der Waals surface area contributed by atoms with Crippen LogP contribution in [0.25, 0.3) is 22.6 Å². The lowest BCUT2D eigenvalue weighted by molar-refractivity contribution is -0.126. The van der Waals surface area contributed by atoms with Gasteiger partial charge in [0.05, 0.1) is 19.0 Å². The summed E-state index contributed by atoms with van der Waals surface area (Å²) < 4.78 is 19.1. The highest BCUT2D eigenvalue weighted by Crippen LogP contribution is 2.36. The molecule has 4 heterocycles. The van der Waals surface area contributed by atoms with Gasteiger partial charge in [-0.1, -0.05) is 12.6 Å². The molecule has 1 unspecified atom stereocenters. The summed E-state index contributed by atoms with van der Waals surface area (Å²) in [5, 5.41) is 6.08. The first-order valence-corrected chi connectivity index (χ1v) is 11.7. The number of methoxy groups -OCH3 is 1. The number of allylic oxidation sites excluding steroid dienone is 1. The molecule has 1 atom stereocenters. The van der Waals surface area contributed by atoms with Crippen LogP contribution in [0.4, 0.5) is 15.9 Å². The number of ether oxygens (including phenoxy) is 1. The average Bonchev–Trinajstić information content (AvgIpc) is 3.49. The fraction of sp³-hybridized carbons (Fsp3) is 0.192. The molecule has 6 rings (SSSR count). The molecule has 4 aromatic rings. The molecule has 0 radical (unpaired) electrons. The zero-order chi connectivity index (χ0) is 25.7. The average molecular weight is 500 g/mol. The number of nitrogens with one attached hydrogen (secondary N) is 3. The van der Waals surface area contributed by atoms with Gasteiger partial charge in [-0.3, -0.25) is 9.59 Å². The number of piperidine rings is 1. The third-order valence-electron chi connectivity index (χ3n) is 6.64. The van der Waals surface area contributed by atoms with E-state index in [-0.39, 0.29) is 24.1 Å². The molecule has 11 heteroatoms. The maximum Gasteiger partial charge on any atom is 0.255 e. The predicted molar refractivity (Wildman–Crippen MR) is 134 cm³/mol. The second-order valence-electron chi connectivity index (χ2n) is 8.88. The van der Waals surface area contributed by atoms with Gasteiger partial charge in [-0.05, 0) is 37.1 Å². The number of anilines is 2. The van der Waals surface area contributed by atoms with Gasteiger partial charge in [0.2, 0.25) is 5.91 Å². The summed E-state index contributed by atoms with van der Waals surface area (Å²) in [6.45, 7) is 4.09. The van der Waals surface area contributed by atoms with Crippen molar-refractivity contribution < 1.29 is 18.7 Å². The van der Waals surface area contributed by atoms with Crippen LogP contribution in [0.15, 0.2) is 55.0 Å². The van der Waals surface area contributed by atoms with Crippen LogP contribution in [0.2, 0.25) is 0 Å². The fourth-order valence-corrected chi connectivity index (χ4v) is 4.80. The van der Waals surface area contributed by atoms with Gasteiger partial charge in [-0.15, -0.1) is 0 Å². The van der Waals surface area contributed by atoms with E-state index < -0.39 is 11.9 Å². The van der Waals surface area contributed by atoms with Crippen molar-refractivity contribution in [2.75, 3.05) is 12.4 Å². The molecule has 1 saturated heterocycles. The summed E-state index contributed by atoms with van der Waals surface area (Å²) in [5.74, 6) is 0.149. The van der Waals surface area contributed by atoms with Gasteiger partial charge >= 0.3 is 0 Å².